The highest BCUT2D eigenvalue weighted by Gasteiger charge is 2.22. The van der Waals surface area contributed by atoms with Crippen LogP contribution in [-0.2, 0) is 6.42 Å². The van der Waals surface area contributed by atoms with Crippen LogP contribution in [0, 0.1) is 5.92 Å². The lowest BCUT2D eigenvalue weighted by molar-refractivity contribution is 0.0759. The average Bonchev–Trinajstić information content (AvgIpc) is 2.88. The van der Waals surface area contributed by atoms with Gasteiger partial charge in [0, 0.05) is 32.5 Å². The number of hydrogen-bond donors (Lipinski definition) is 1. The summed E-state index contributed by atoms with van der Waals surface area (Å²) in [4.78, 5) is 27.3. The lowest BCUT2D eigenvalue weighted by atomic mass is 9.95. The van der Waals surface area contributed by atoms with E-state index >= 15 is 0 Å². The number of hydrogen-bond acceptors (Lipinski definition) is 5. The van der Waals surface area contributed by atoms with Crippen molar-refractivity contribution in [1.82, 2.24) is 19.9 Å². The van der Waals surface area contributed by atoms with Gasteiger partial charge in [-0.05, 0) is 43.7 Å². The predicted molar refractivity (Wildman–Crippen MR) is 92.8 cm³/mol. The first-order valence-electron chi connectivity index (χ1n) is 8.44. The molecule has 0 bridgehead atoms. The molecule has 0 radical (unpaired) electrons. The van der Waals surface area contributed by atoms with Gasteiger partial charge >= 0.3 is 0 Å². The minimum atomic E-state index is 0.0851. The summed E-state index contributed by atoms with van der Waals surface area (Å²) in [6.45, 7) is 1.61. The van der Waals surface area contributed by atoms with Crippen LogP contribution in [0.3, 0.4) is 0 Å². The standard InChI is InChI=1S/C18H23N5O/c1-19-17-13-21-16(12-22-17)10-14-4-3-8-23(9-6-14)18(24)15-5-2-7-20-11-15/h2,5,7,11-14H,3-4,6,8-10H2,1H3,(H,19,22). The van der Waals surface area contributed by atoms with E-state index in [0.717, 1.165) is 50.3 Å². The zero-order chi connectivity index (χ0) is 16.8. The van der Waals surface area contributed by atoms with Gasteiger partial charge < -0.3 is 10.2 Å². The Morgan fingerprint density at radius 2 is 2.17 bits per heavy atom. The number of rotatable bonds is 4. The molecule has 3 heterocycles. The van der Waals surface area contributed by atoms with Crippen molar-refractivity contribution in [2.24, 2.45) is 5.92 Å². The van der Waals surface area contributed by atoms with E-state index in [4.69, 9.17) is 0 Å². The summed E-state index contributed by atoms with van der Waals surface area (Å²) in [5.74, 6) is 1.42. The van der Waals surface area contributed by atoms with Crippen LogP contribution in [0.1, 0.15) is 35.3 Å². The molecule has 1 fully saturated rings. The largest absolute Gasteiger partial charge is 0.372 e. The minimum absolute atomic E-state index is 0.0851. The second-order valence-corrected chi connectivity index (χ2v) is 6.18. The molecule has 1 unspecified atom stereocenters. The van der Waals surface area contributed by atoms with Gasteiger partial charge in [0.2, 0.25) is 0 Å². The zero-order valence-corrected chi connectivity index (χ0v) is 14.0. The number of nitrogens with zero attached hydrogens (tertiary/aromatic N) is 4. The molecule has 3 rings (SSSR count). The normalized spacial score (nSPS) is 18.0. The Balaban J connectivity index is 1.57. The third-order valence-electron chi connectivity index (χ3n) is 4.50. The van der Waals surface area contributed by atoms with Crippen LogP contribution in [0.4, 0.5) is 5.82 Å². The average molecular weight is 325 g/mol. The molecule has 0 aliphatic carbocycles. The number of amides is 1. The molecule has 2 aromatic rings. The maximum Gasteiger partial charge on any atom is 0.255 e. The minimum Gasteiger partial charge on any atom is -0.372 e. The molecule has 1 aliphatic rings. The van der Waals surface area contributed by atoms with Crippen molar-refractivity contribution in [3.63, 3.8) is 0 Å². The van der Waals surface area contributed by atoms with E-state index in [2.05, 4.69) is 20.3 Å². The van der Waals surface area contributed by atoms with Crippen LogP contribution in [0.2, 0.25) is 0 Å². The molecular weight excluding hydrogens is 302 g/mol. The fourth-order valence-electron chi connectivity index (χ4n) is 3.13. The summed E-state index contributed by atoms with van der Waals surface area (Å²) >= 11 is 0. The molecular formula is C18H23N5O. The molecule has 1 saturated heterocycles. The summed E-state index contributed by atoms with van der Waals surface area (Å²) in [6, 6.07) is 3.64. The highest BCUT2D eigenvalue weighted by atomic mass is 16.2. The predicted octanol–water partition coefficient (Wildman–Crippen LogP) is 2.40. The summed E-state index contributed by atoms with van der Waals surface area (Å²) in [7, 11) is 1.84. The van der Waals surface area contributed by atoms with E-state index in [0.29, 0.717) is 11.5 Å². The number of carbonyl (C=O) groups excluding carboxylic acids is 1. The van der Waals surface area contributed by atoms with Gasteiger partial charge in [0.15, 0.2) is 0 Å². The van der Waals surface area contributed by atoms with E-state index < -0.39 is 0 Å². The summed E-state index contributed by atoms with van der Waals surface area (Å²) in [5, 5.41) is 2.98. The van der Waals surface area contributed by atoms with E-state index in [1.54, 1.807) is 24.7 Å². The van der Waals surface area contributed by atoms with Crippen LogP contribution < -0.4 is 5.32 Å². The second kappa shape index (κ2) is 7.86. The highest BCUT2D eigenvalue weighted by molar-refractivity contribution is 5.93. The van der Waals surface area contributed by atoms with E-state index in [-0.39, 0.29) is 5.91 Å². The molecule has 2 aromatic heterocycles. The first kappa shape index (κ1) is 16.4. The fraction of sp³-hybridized carbons (Fsp3) is 0.444. The second-order valence-electron chi connectivity index (χ2n) is 6.18. The fourth-order valence-corrected chi connectivity index (χ4v) is 3.13. The Morgan fingerprint density at radius 1 is 1.25 bits per heavy atom. The molecule has 1 aliphatic heterocycles. The van der Waals surface area contributed by atoms with Crippen molar-refractivity contribution in [2.75, 3.05) is 25.5 Å². The highest BCUT2D eigenvalue weighted by Crippen LogP contribution is 2.22. The zero-order valence-electron chi connectivity index (χ0n) is 14.0. The van der Waals surface area contributed by atoms with E-state index in [1.165, 1.54) is 0 Å². The summed E-state index contributed by atoms with van der Waals surface area (Å²) < 4.78 is 0. The monoisotopic (exact) mass is 325 g/mol. The molecule has 1 atom stereocenters. The van der Waals surface area contributed by atoms with Crippen molar-refractivity contribution in [1.29, 1.82) is 0 Å². The molecule has 1 amide bonds. The number of nitrogens with one attached hydrogen (secondary N) is 1. The Hall–Kier alpha value is -2.50. The van der Waals surface area contributed by atoms with Crippen LogP contribution in [-0.4, -0.2) is 45.9 Å². The van der Waals surface area contributed by atoms with Crippen molar-refractivity contribution in [2.45, 2.75) is 25.7 Å². The quantitative estimate of drug-likeness (QED) is 0.934. The van der Waals surface area contributed by atoms with Gasteiger partial charge in [-0.25, -0.2) is 4.98 Å². The maximum atomic E-state index is 12.5. The molecule has 6 heteroatoms. The molecule has 126 valence electrons. The Bertz CT molecular complexity index is 659. The molecule has 0 aromatic carbocycles. The van der Waals surface area contributed by atoms with Gasteiger partial charge in [-0.2, -0.15) is 0 Å². The molecule has 24 heavy (non-hydrogen) atoms. The van der Waals surface area contributed by atoms with Gasteiger partial charge in [-0.1, -0.05) is 0 Å². The molecule has 6 nitrogen and oxygen atoms in total. The maximum absolute atomic E-state index is 12.5. The van der Waals surface area contributed by atoms with Crippen molar-refractivity contribution < 1.29 is 4.79 Å². The van der Waals surface area contributed by atoms with Crippen LogP contribution in [0.5, 0.6) is 0 Å². The van der Waals surface area contributed by atoms with Gasteiger partial charge in [0.25, 0.3) is 5.91 Å². The van der Waals surface area contributed by atoms with Crippen LogP contribution >= 0.6 is 0 Å². The third-order valence-corrected chi connectivity index (χ3v) is 4.50. The van der Waals surface area contributed by atoms with Gasteiger partial charge in [0.1, 0.15) is 5.82 Å². The topological polar surface area (TPSA) is 71.0 Å². The van der Waals surface area contributed by atoms with Crippen molar-refractivity contribution >= 4 is 11.7 Å². The Morgan fingerprint density at radius 3 is 2.88 bits per heavy atom. The van der Waals surface area contributed by atoms with Gasteiger partial charge in [-0.15, -0.1) is 0 Å². The number of likely N-dealkylation sites (tertiary alicyclic amines) is 1. The van der Waals surface area contributed by atoms with Gasteiger partial charge in [0.05, 0.1) is 23.7 Å². The van der Waals surface area contributed by atoms with E-state index in [1.807, 2.05) is 24.2 Å². The van der Waals surface area contributed by atoms with Crippen LogP contribution in [0.15, 0.2) is 36.9 Å². The first-order chi connectivity index (χ1) is 11.8. The number of aromatic nitrogens is 3. The van der Waals surface area contributed by atoms with Crippen LogP contribution in [0.25, 0.3) is 0 Å². The van der Waals surface area contributed by atoms with Crippen molar-refractivity contribution in [3.8, 4) is 0 Å². The van der Waals surface area contributed by atoms with Gasteiger partial charge in [-0.3, -0.25) is 14.8 Å². The Labute approximate surface area is 142 Å². The summed E-state index contributed by atoms with van der Waals surface area (Å²) in [6.07, 6.45) is 11.0. The SMILES string of the molecule is CNc1cnc(CC2CCCN(C(=O)c3cccnc3)CC2)cn1. The molecule has 0 saturated carbocycles. The van der Waals surface area contributed by atoms with E-state index in [9.17, 15) is 4.79 Å². The first-order valence-corrected chi connectivity index (χ1v) is 8.44. The number of carbonyl (C=O) groups is 1. The van der Waals surface area contributed by atoms with Crippen molar-refractivity contribution in [3.05, 3.63) is 48.2 Å². The summed E-state index contributed by atoms with van der Waals surface area (Å²) in [5.41, 5.74) is 1.69. The smallest absolute Gasteiger partial charge is 0.255 e. The lowest BCUT2D eigenvalue weighted by Gasteiger charge is -2.20. The lowest BCUT2D eigenvalue weighted by Crippen LogP contribution is -2.32. The third kappa shape index (κ3) is 4.07. The molecule has 0 spiro atoms. The molecule has 1 N–H and O–H groups in total. The Kier molecular flexibility index (Phi) is 5.36. The number of pyridine rings is 1. The number of anilines is 1.